The molecule has 1 saturated carbocycles. The fourth-order valence-electron chi connectivity index (χ4n) is 1.30. The quantitative estimate of drug-likeness (QED) is 0.246. The van der Waals surface area contributed by atoms with Crippen LogP contribution in [0, 0.1) is 5.41 Å². The lowest BCUT2D eigenvalue weighted by atomic mass is 10.0. The van der Waals surface area contributed by atoms with E-state index in [4.69, 9.17) is 5.84 Å². The lowest BCUT2D eigenvalue weighted by molar-refractivity contribution is 0.478. The predicted octanol–water partition coefficient (Wildman–Crippen LogP) is 0.215. The molecular weight excluding hydrogens is 152 g/mol. The second kappa shape index (κ2) is 3.76. The Morgan fingerprint density at radius 2 is 2.25 bits per heavy atom. The Bertz CT molecular complexity index is 172. The van der Waals surface area contributed by atoms with E-state index in [9.17, 15) is 0 Å². The first-order valence-corrected chi connectivity index (χ1v) is 4.43. The monoisotopic (exact) mass is 170 g/mol. The van der Waals surface area contributed by atoms with E-state index in [1.165, 1.54) is 19.3 Å². The van der Waals surface area contributed by atoms with Gasteiger partial charge in [0, 0.05) is 13.6 Å². The van der Waals surface area contributed by atoms with Crippen LogP contribution in [0.1, 0.15) is 26.2 Å². The van der Waals surface area contributed by atoms with Gasteiger partial charge in [0.15, 0.2) is 0 Å². The largest absolute Gasteiger partial charge is 0.355 e. The average Bonchev–Trinajstić information content (AvgIpc) is 2.87. The topological polar surface area (TPSA) is 62.4 Å². The van der Waals surface area contributed by atoms with Gasteiger partial charge >= 0.3 is 0 Å². The van der Waals surface area contributed by atoms with Crippen LogP contribution in [0.2, 0.25) is 0 Å². The Morgan fingerprint density at radius 1 is 1.58 bits per heavy atom. The second-order valence-electron chi connectivity index (χ2n) is 3.42. The minimum atomic E-state index is 0.535. The third-order valence-corrected chi connectivity index (χ3v) is 2.70. The highest BCUT2D eigenvalue weighted by Crippen LogP contribution is 2.47. The Balaban J connectivity index is 2.25. The van der Waals surface area contributed by atoms with Crippen LogP contribution < -0.4 is 16.6 Å². The maximum absolute atomic E-state index is 5.23. The molecule has 1 aliphatic carbocycles. The van der Waals surface area contributed by atoms with Crippen molar-refractivity contribution in [3.63, 3.8) is 0 Å². The van der Waals surface area contributed by atoms with E-state index in [1.807, 2.05) is 0 Å². The molecular formula is C8H18N4. The number of hydrazine groups is 1. The molecule has 4 heteroatoms. The van der Waals surface area contributed by atoms with E-state index in [-0.39, 0.29) is 0 Å². The van der Waals surface area contributed by atoms with Crippen LogP contribution >= 0.6 is 0 Å². The molecule has 4 N–H and O–H groups in total. The first kappa shape index (κ1) is 9.32. The second-order valence-corrected chi connectivity index (χ2v) is 3.42. The highest BCUT2D eigenvalue weighted by atomic mass is 15.3. The number of aliphatic imine (C=N–C) groups is 1. The van der Waals surface area contributed by atoms with Gasteiger partial charge in [-0.05, 0) is 24.7 Å². The van der Waals surface area contributed by atoms with Crippen molar-refractivity contribution in [3.05, 3.63) is 0 Å². The molecule has 0 bridgehead atoms. The number of nitrogens with two attached hydrogens (primary N) is 1. The minimum absolute atomic E-state index is 0.535. The molecule has 0 saturated heterocycles. The Hall–Kier alpha value is -0.770. The molecule has 0 atom stereocenters. The van der Waals surface area contributed by atoms with Crippen molar-refractivity contribution in [2.75, 3.05) is 13.6 Å². The maximum atomic E-state index is 5.23. The summed E-state index contributed by atoms with van der Waals surface area (Å²) in [7, 11) is 1.72. The number of hydrogen-bond donors (Lipinski definition) is 3. The molecule has 1 fully saturated rings. The van der Waals surface area contributed by atoms with Crippen LogP contribution in [0.4, 0.5) is 0 Å². The van der Waals surface area contributed by atoms with Gasteiger partial charge in [0.2, 0.25) is 5.96 Å². The summed E-state index contributed by atoms with van der Waals surface area (Å²) in [6, 6.07) is 0. The Kier molecular flexibility index (Phi) is 2.92. The first-order chi connectivity index (χ1) is 5.76. The lowest BCUT2D eigenvalue weighted by Gasteiger charge is -2.14. The van der Waals surface area contributed by atoms with Crippen molar-refractivity contribution in [1.82, 2.24) is 10.7 Å². The van der Waals surface area contributed by atoms with Crippen molar-refractivity contribution < 1.29 is 0 Å². The van der Waals surface area contributed by atoms with Gasteiger partial charge < -0.3 is 5.32 Å². The zero-order valence-electron chi connectivity index (χ0n) is 7.85. The van der Waals surface area contributed by atoms with Gasteiger partial charge in [-0.3, -0.25) is 10.4 Å². The standard InChI is InChI=1S/C8H18N4/c1-3-8(4-5-8)6-11-7(10-2)12-9/h3-6,9H2,1-2H3,(H2,10,11,12). The van der Waals surface area contributed by atoms with E-state index in [1.54, 1.807) is 7.05 Å². The third-order valence-electron chi connectivity index (χ3n) is 2.70. The molecule has 0 aliphatic heterocycles. The summed E-state index contributed by atoms with van der Waals surface area (Å²) < 4.78 is 0. The molecule has 0 heterocycles. The van der Waals surface area contributed by atoms with Crippen LogP contribution in [-0.4, -0.2) is 19.6 Å². The highest BCUT2D eigenvalue weighted by Gasteiger charge is 2.40. The molecule has 1 aliphatic rings. The molecule has 0 aromatic heterocycles. The van der Waals surface area contributed by atoms with E-state index < -0.39 is 0 Å². The van der Waals surface area contributed by atoms with E-state index in [0.29, 0.717) is 11.4 Å². The molecule has 4 nitrogen and oxygen atoms in total. The SMILES string of the molecule is CCC1(CNC(=NC)NN)CC1. The van der Waals surface area contributed by atoms with Crippen molar-refractivity contribution in [2.24, 2.45) is 16.3 Å². The molecule has 0 radical (unpaired) electrons. The average molecular weight is 170 g/mol. The van der Waals surface area contributed by atoms with Gasteiger partial charge in [0.25, 0.3) is 0 Å². The van der Waals surface area contributed by atoms with Crippen molar-refractivity contribution >= 4 is 5.96 Å². The van der Waals surface area contributed by atoms with Crippen LogP contribution in [-0.2, 0) is 0 Å². The van der Waals surface area contributed by atoms with E-state index in [0.717, 1.165) is 6.54 Å². The predicted molar refractivity (Wildman–Crippen MR) is 50.6 cm³/mol. The summed E-state index contributed by atoms with van der Waals surface area (Å²) in [5.41, 5.74) is 3.05. The fraction of sp³-hybridized carbons (Fsp3) is 0.875. The van der Waals surface area contributed by atoms with E-state index in [2.05, 4.69) is 22.7 Å². The molecule has 1 rings (SSSR count). The zero-order chi connectivity index (χ0) is 9.03. The minimum Gasteiger partial charge on any atom is -0.355 e. The molecule has 12 heavy (non-hydrogen) atoms. The number of guanidine groups is 1. The number of nitrogens with one attached hydrogen (secondary N) is 2. The first-order valence-electron chi connectivity index (χ1n) is 4.43. The maximum Gasteiger partial charge on any atom is 0.205 e. The highest BCUT2D eigenvalue weighted by molar-refractivity contribution is 5.78. The molecule has 0 aromatic carbocycles. The number of rotatable bonds is 3. The normalized spacial score (nSPS) is 20.4. The zero-order valence-corrected chi connectivity index (χ0v) is 7.85. The summed E-state index contributed by atoms with van der Waals surface area (Å²) in [6.07, 6.45) is 3.90. The summed E-state index contributed by atoms with van der Waals surface area (Å²) in [5, 5.41) is 3.19. The lowest BCUT2D eigenvalue weighted by Crippen LogP contribution is -2.43. The van der Waals surface area contributed by atoms with Gasteiger partial charge in [0.05, 0.1) is 0 Å². The number of nitrogens with zero attached hydrogens (tertiary/aromatic N) is 1. The summed E-state index contributed by atoms with van der Waals surface area (Å²) in [6.45, 7) is 3.22. The molecule has 0 spiro atoms. The van der Waals surface area contributed by atoms with Crippen LogP contribution in [0.5, 0.6) is 0 Å². The molecule has 0 unspecified atom stereocenters. The van der Waals surface area contributed by atoms with Gasteiger partial charge in [0.1, 0.15) is 0 Å². The van der Waals surface area contributed by atoms with Crippen LogP contribution in [0.3, 0.4) is 0 Å². The van der Waals surface area contributed by atoms with Gasteiger partial charge in [-0.15, -0.1) is 0 Å². The van der Waals surface area contributed by atoms with Gasteiger partial charge in [-0.25, -0.2) is 5.84 Å². The Morgan fingerprint density at radius 3 is 2.58 bits per heavy atom. The van der Waals surface area contributed by atoms with Crippen LogP contribution in [0.15, 0.2) is 4.99 Å². The summed E-state index contributed by atoms with van der Waals surface area (Å²) in [5.74, 6) is 5.91. The van der Waals surface area contributed by atoms with Crippen molar-refractivity contribution in [2.45, 2.75) is 26.2 Å². The third kappa shape index (κ3) is 2.11. The molecule has 0 amide bonds. The summed E-state index contributed by atoms with van der Waals surface area (Å²) >= 11 is 0. The van der Waals surface area contributed by atoms with Gasteiger partial charge in [-0.1, -0.05) is 6.92 Å². The van der Waals surface area contributed by atoms with Gasteiger partial charge in [-0.2, -0.15) is 0 Å². The number of hydrogen-bond acceptors (Lipinski definition) is 2. The van der Waals surface area contributed by atoms with Crippen molar-refractivity contribution in [3.8, 4) is 0 Å². The molecule has 0 aromatic rings. The smallest absolute Gasteiger partial charge is 0.205 e. The Labute approximate surface area is 73.6 Å². The molecule has 70 valence electrons. The van der Waals surface area contributed by atoms with Crippen molar-refractivity contribution in [1.29, 1.82) is 0 Å². The fourth-order valence-corrected chi connectivity index (χ4v) is 1.30. The summed E-state index contributed by atoms with van der Waals surface area (Å²) in [4.78, 5) is 3.94. The van der Waals surface area contributed by atoms with Crippen LogP contribution in [0.25, 0.3) is 0 Å². The van der Waals surface area contributed by atoms with E-state index >= 15 is 0 Å².